The highest BCUT2D eigenvalue weighted by Crippen LogP contribution is 2.32. The summed E-state index contributed by atoms with van der Waals surface area (Å²) in [5.74, 6) is 0.0626. The van der Waals surface area contributed by atoms with Crippen molar-refractivity contribution in [3.63, 3.8) is 0 Å². The lowest BCUT2D eigenvalue weighted by Crippen LogP contribution is -2.40. The molecule has 0 spiro atoms. The minimum absolute atomic E-state index is 0.298. The lowest BCUT2D eigenvalue weighted by molar-refractivity contribution is 0.0516. The van der Waals surface area contributed by atoms with Crippen LogP contribution in [-0.2, 0) is 4.74 Å². The van der Waals surface area contributed by atoms with Crippen molar-refractivity contribution in [2.75, 3.05) is 29.9 Å². The Morgan fingerprint density at radius 3 is 2.74 bits per heavy atom. The van der Waals surface area contributed by atoms with Crippen LogP contribution in [0.25, 0.3) is 5.65 Å². The number of anilines is 2. The molecule has 9 nitrogen and oxygen atoms in total. The van der Waals surface area contributed by atoms with Gasteiger partial charge in [0.05, 0.1) is 17.6 Å². The maximum absolute atomic E-state index is 13.0. The molecule has 0 bridgehead atoms. The molecule has 10 heteroatoms. The van der Waals surface area contributed by atoms with Gasteiger partial charge < -0.3 is 20.3 Å². The van der Waals surface area contributed by atoms with E-state index in [1.807, 2.05) is 32.9 Å². The van der Waals surface area contributed by atoms with E-state index in [4.69, 9.17) is 16.3 Å². The van der Waals surface area contributed by atoms with Gasteiger partial charge in [-0.1, -0.05) is 11.6 Å². The highest BCUT2D eigenvalue weighted by molar-refractivity contribution is 6.31. The largest absolute Gasteiger partial charge is 0.444 e. The number of aromatic nitrogens is 3. The number of nitrogens with zero attached hydrogens (tertiary/aromatic N) is 4. The fourth-order valence-corrected chi connectivity index (χ4v) is 4.15. The summed E-state index contributed by atoms with van der Waals surface area (Å²) in [6, 6.07) is 7.25. The number of nitrogens with one attached hydrogen (secondary N) is 2. The molecule has 0 saturated carbocycles. The summed E-state index contributed by atoms with van der Waals surface area (Å²) in [5.41, 5.74) is 1.90. The van der Waals surface area contributed by atoms with Crippen molar-refractivity contribution in [2.45, 2.75) is 39.2 Å². The van der Waals surface area contributed by atoms with Gasteiger partial charge in [-0.15, -0.1) is 0 Å². The zero-order valence-corrected chi connectivity index (χ0v) is 20.3. The molecule has 2 aromatic heterocycles. The Balaban J connectivity index is 1.40. The van der Waals surface area contributed by atoms with Crippen molar-refractivity contribution in [3.05, 3.63) is 53.4 Å². The molecule has 2 amide bonds. The van der Waals surface area contributed by atoms with Crippen LogP contribution in [0, 0.1) is 5.92 Å². The molecule has 1 fully saturated rings. The first-order chi connectivity index (χ1) is 16.2. The molecule has 180 valence electrons. The molecule has 34 heavy (non-hydrogen) atoms. The molecule has 1 aromatic carbocycles. The highest BCUT2D eigenvalue weighted by Gasteiger charge is 2.24. The number of carbonyl (C=O) groups is 2. The Labute approximate surface area is 203 Å². The number of benzene rings is 1. The summed E-state index contributed by atoms with van der Waals surface area (Å²) >= 11 is 6.25. The smallest absolute Gasteiger partial charge is 0.407 e. The number of carbonyl (C=O) groups excluding carboxylic acids is 2. The molecule has 3 aromatic rings. The van der Waals surface area contributed by atoms with Crippen LogP contribution < -0.4 is 15.5 Å². The van der Waals surface area contributed by atoms with E-state index < -0.39 is 5.60 Å². The van der Waals surface area contributed by atoms with Crippen molar-refractivity contribution in [3.8, 4) is 0 Å². The molecule has 0 unspecified atom stereocenters. The second kappa shape index (κ2) is 9.89. The van der Waals surface area contributed by atoms with Crippen LogP contribution in [-0.4, -0.2) is 51.8 Å². The van der Waals surface area contributed by atoms with Gasteiger partial charge in [-0.3, -0.25) is 4.79 Å². The molecular weight excluding hydrogens is 456 g/mol. The standard InChI is InChI=1S/C24H29ClN6O3/c1-24(2,3)34-23(33)27-14-16-7-11-30(12-8-16)20-6-5-17(25)13-19(20)29-22(32)18-15-28-31-10-4-9-26-21(18)31/h4-6,9-10,13,15-16H,7-8,11-12,14H2,1-3H3,(H,27,33)(H,29,32). The molecule has 3 heterocycles. The van der Waals surface area contributed by atoms with Crippen molar-refractivity contribution in [2.24, 2.45) is 5.92 Å². The lowest BCUT2D eigenvalue weighted by Gasteiger charge is -2.35. The zero-order valence-electron chi connectivity index (χ0n) is 19.5. The summed E-state index contributed by atoms with van der Waals surface area (Å²) in [7, 11) is 0. The number of amides is 2. The fraction of sp³-hybridized carbons (Fsp3) is 0.417. The Kier molecular flexibility index (Phi) is 6.92. The average Bonchev–Trinajstić information content (AvgIpc) is 3.22. The topological polar surface area (TPSA) is 101 Å². The third-order valence-corrected chi connectivity index (χ3v) is 5.85. The quantitative estimate of drug-likeness (QED) is 0.557. The van der Waals surface area contributed by atoms with Crippen molar-refractivity contribution in [1.82, 2.24) is 19.9 Å². The number of alkyl carbamates (subject to hydrolysis) is 1. The number of rotatable bonds is 5. The van der Waals surface area contributed by atoms with Crippen molar-refractivity contribution >= 4 is 40.6 Å². The van der Waals surface area contributed by atoms with Crippen molar-refractivity contribution in [1.29, 1.82) is 0 Å². The Bertz CT molecular complexity index is 1180. The summed E-state index contributed by atoms with van der Waals surface area (Å²) in [4.78, 5) is 31.4. The highest BCUT2D eigenvalue weighted by atomic mass is 35.5. The summed E-state index contributed by atoms with van der Waals surface area (Å²) in [6.07, 6.45) is 6.30. The van der Waals surface area contributed by atoms with Gasteiger partial charge in [0.15, 0.2) is 5.65 Å². The maximum atomic E-state index is 13.0. The van der Waals surface area contributed by atoms with E-state index in [1.165, 1.54) is 6.20 Å². The Hall–Kier alpha value is -3.33. The first-order valence-electron chi connectivity index (χ1n) is 11.3. The van der Waals surface area contributed by atoms with Gasteiger partial charge in [0.2, 0.25) is 0 Å². The number of halogens is 1. The molecule has 1 saturated heterocycles. The minimum Gasteiger partial charge on any atom is -0.444 e. The predicted molar refractivity (Wildman–Crippen MR) is 132 cm³/mol. The summed E-state index contributed by atoms with van der Waals surface area (Å²) < 4.78 is 6.88. The van der Waals surface area contributed by atoms with Gasteiger partial charge in [-0.2, -0.15) is 5.10 Å². The first-order valence-corrected chi connectivity index (χ1v) is 11.7. The normalized spacial score (nSPS) is 14.8. The molecule has 0 atom stereocenters. The van der Waals surface area contributed by atoms with Crippen LogP contribution in [0.2, 0.25) is 5.02 Å². The van der Waals surface area contributed by atoms with E-state index in [9.17, 15) is 9.59 Å². The number of hydrogen-bond acceptors (Lipinski definition) is 6. The van der Waals surface area contributed by atoms with E-state index >= 15 is 0 Å². The van der Waals surface area contributed by atoms with Crippen LogP contribution in [0.15, 0.2) is 42.9 Å². The van der Waals surface area contributed by atoms with Gasteiger partial charge in [0, 0.05) is 37.1 Å². The van der Waals surface area contributed by atoms with E-state index in [2.05, 4.69) is 25.6 Å². The van der Waals surface area contributed by atoms with Crippen LogP contribution >= 0.6 is 11.6 Å². The lowest BCUT2D eigenvalue weighted by atomic mass is 9.96. The average molecular weight is 485 g/mol. The second-order valence-electron chi connectivity index (χ2n) is 9.37. The first kappa shape index (κ1) is 23.8. The van der Waals surface area contributed by atoms with Crippen LogP contribution in [0.5, 0.6) is 0 Å². The predicted octanol–water partition coefficient (Wildman–Crippen LogP) is 4.38. The van der Waals surface area contributed by atoms with Gasteiger partial charge >= 0.3 is 6.09 Å². The molecule has 1 aliphatic heterocycles. The van der Waals surface area contributed by atoms with Gasteiger partial charge in [-0.25, -0.2) is 14.3 Å². The second-order valence-corrected chi connectivity index (χ2v) is 9.81. The number of ether oxygens (including phenoxy) is 1. The summed E-state index contributed by atoms with van der Waals surface area (Å²) in [5, 5.41) is 10.6. The third-order valence-electron chi connectivity index (χ3n) is 5.62. The Morgan fingerprint density at radius 2 is 2.00 bits per heavy atom. The zero-order chi connectivity index (χ0) is 24.3. The van der Waals surface area contributed by atoms with Crippen LogP contribution in [0.4, 0.5) is 16.2 Å². The van der Waals surface area contributed by atoms with Crippen LogP contribution in [0.3, 0.4) is 0 Å². The maximum Gasteiger partial charge on any atom is 0.407 e. The number of piperidine rings is 1. The number of fused-ring (bicyclic) bond motifs is 1. The van der Waals surface area contributed by atoms with Crippen molar-refractivity contribution < 1.29 is 14.3 Å². The molecule has 0 radical (unpaired) electrons. The van der Waals surface area contributed by atoms with Gasteiger partial charge in [0.1, 0.15) is 11.2 Å². The summed E-state index contributed by atoms with van der Waals surface area (Å²) in [6.45, 7) is 7.71. The van der Waals surface area contributed by atoms with E-state index in [0.29, 0.717) is 34.4 Å². The number of hydrogen-bond donors (Lipinski definition) is 2. The molecule has 2 N–H and O–H groups in total. The molecule has 1 aliphatic rings. The third kappa shape index (κ3) is 5.77. The molecular formula is C24H29ClN6O3. The van der Waals surface area contributed by atoms with E-state index in [-0.39, 0.29) is 12.0 Å². The van der Waals surface area contributed by atoms with E-state index in [0.717, 1.165) is 31.6 Å². The minimum atomic E-state index is -0.512. The molecule has 4 rings (SSSR count). The fourth-order valence-electron chi connectivity index (χ4n) is 3.98. The van der Waals surface area contributed by atoms with E-state index in [1.54, 1.807) is 29.0 Å². The SMILES string of the molecule is CC(C)(C)OC(=O)NCC1CCN(c2ccc(Cl)cc2NC(=O)c2cnn3cccnc23)CC1. The van der Waals surface area contributed by atoms with Gasteiger partial charge in [-0.05, 0) is 63.8 Å². The monoisotopic (exact) mass is 484 g/mol. The molecule has 0 aliphatic carbocycles. The Morgan fingerprint density at radius 1 is 1.24 bits per heavy atom. The van der Waals surface area contributed by atoms with Crippen LogP contribution in [0.1, 0.15) is 44.0 Å². The van der Waals surface area contributed by atoms with Gasteiger partial charge in [0.25, 0.3) is 5.91 Å².